The first-order valence-corrected chi connectivity index (χ1v) is 10.6. The smallest absolute Gasteiger partial charge is 0.242 e. The molecule has 1 aromatic carbocycles. The summed E-state index contributed by atoms with van der Waals surface area (Å²) >= 11 is 0. The molecule has 2 aliphatic rings. The largest absolute Gasteiger partial charge is 0.347 e. The lowest BCUT2D eigenvalue weighted by Crippen LogP contribution is -2.51. The molecule has 3 rings (SSSR count). The predicted molar refractivity (Wildman–Crippen MR) is 111 cm³/mol. The average molecular weight is 387 g/mol. The topological polar surface area (TPSA) is 64.7 Å². The van der Waals surface area contributed by atoms with Crippen LogP contribution in [0.5, 0.6) is 0 Å². The molecule has 2 fully saturated rings. The van der Waals surface area contributed by atoms with Crippen molar-refractivity contribution in [2.75, 3.05) is 45.8 Å². The SMILES string of the molecule is CC(CC(=O)NCC(=O)N1CCN(Cc2ccccc2)CC1)C1CCCNC1. The molecule has 154 valence electrons. The zero-order valence-electron chi connectivity index (χ0n) is 17.0. The van der Waals surface area contributed by atoms with Gasteiger partial charge in [-0.05, 0) is 43.3 Å². The minimum absolute atomic E-state index is 0.00543. The third-order valence-electron chi connectivity index (χ3n) is 6.06. The summed E-state index contributed by atoms with van der Waals surface area (Å²) in [5.41, 5.74) is 1.30. The van der Waals surface area contributed by atoms with Crippen LogP contribution in [0.1, 0.15) is 31.7 Å². The zero-order valence-corrected chi connectivity index (χ0v) is 17.0. The van der Waals surface area contributed by atoms with Gasteiger partial charge in [-0.25, -0.2) is 0 Å². The molecule has 2 amide bonds. The van der Waals surface area contributed by atoms with E-state index in [4.69, 9.17) is 0 Å². The number of carbonyl (C=O) groups excluding carboxylic acids is 2. The molecule has 2 saturated heterocycles. The molecule has 1 aromatic rings. The van der Waals surface area contributed by atoms with Crippen molar-refractivity contribution >= 4 is 11.8 Å². The molecule has 2 N–H and O–H groups in total. The van der Waals surface area contributed by atoms with E-state index in [9.17, 15) is 9.59 Å². The van der Waals surface area contributed by atoms with Crippen molar-refractivity contribution in [2.45, 2.75) is 32.7 Å². The molecule has 2 aliphatic heterocycles. The molecule has 0 radical (unpaired) electrons. The standard InChI is InChI=1S/C22H34N4O2/c1-18(20-8-5-9-23-15-20)14-21(27)24-16-22(28)26-12-10-25(11-13-26)17-19-6-3-2-4-7-19/h2-4,6-7,18,20,23H,5,8-17H2,1H3,(H,24,27). The van der Waals surface area contributed by atoms with Gasteiger partial charge in [0.25, 0.3) is 0 Å². The Morgan fingerprint density at radius 2 is 1.93 bits per heavy atom. The van der Waals surface area contributed by atoms with Gasteiger partial charge in [0.2, 0.25) is 11.8 Å². The highest BCUT2D eigenvalue weighted by molar-refractivity contribution is 5.84. The van der Waals surface area contributed by atoms with Crippen LogP contribution < -0.4 is 10.6 Å². The summed E-state index contributed by atoms with van der Waals surface area (Å²) in [6.45, 7) is 8.48. The van der Waals surface area contributed by atoms with E-state index < -0.39 is 0 Å². The summed E-state index contributed by atoms with van der Waals surface area (Å²) < 4.78 is 0. The van der Waals surface area contributed by atoms with Crippen LogP contribution in [-0.2, 0) is 16.1 Å². The molecule has 6 heteroatoms. The summed E-state index contributed by atoms with van der Waals surface area (Å²) in [6.07, 6.45) is 2.88. The van der Waals surface area contributed by atoms with Crippen LogP contribution in [0, 0.1) is 11.8 Å². The van der Waals surface area contributed by atoms with Gasteiger partial charge in [0, 0.05) is 39.1 Å². The average Bonchev–Trinajstić information content (AvgIpc) is 2.74. The first-order valence-electron chi connectivity index (χ1n) is 10.6. The van der Waals surface area contributed by atoms with Crippen LogP contribution in [0.4, 0.5) is 0 Å². The maximum atomic E-state index is 12.4. The fourth-order valence-corrected chi connectivity index (χ4v) is 4.18. The van der Waals surface area contributed by atoms with Crippen molar-refractivity contribution in [3.8, 4) is 0 Å². The zero-order chi connectivity index (χ0) is 19.8. The Kier molecular flexibility index (Phi) is 7.86. The molecule has 2 unspecified atom stereocenters. The van der Waals surface area contributed by atoms with E-state index in [2.05, 4.69) is 46.7 Å². The number of rotatable bonds is 7. The van der Waals surface area contributed by atoms with Crippen LogP contribution in [0.3, 0.4) is 0 Å². The van der Waals surface area contributed by atoms with Crippen LogP contribution >= 0.6 is 0 Å². The van der Waals surface area contributed by atoms with Gasteiger partial charge in [-0.15, -0.1) is 0 Å². The molecule has 6 nitrogen and oxygen atoms in total. The third kappa shape index (κ3) is 6.31. The van der Waals surface area contributed by atoms with Crippen LogP contribution in [0.2, 0.25) is 0 Å². The third-order valence-corrected chi connectivity index (χ3v) is 6.06. The van der Waals surface area contributed by atoms with E-state index >= 15 is 0 Å². The summed E-state index contributed by atoms with van der Waals surface area (Å²) in [5.74, 6) is 0.936. The van der Waals surface area contributed by atoms with Crippen LogP contribution in [0.15, 0.2) is 30.3 Å². The molecule has 2 atom stereocenters. The predicted octanol–water partition coefficient (Wildman–Crippen LogP) is 1.47. The van der Waals surface area contributed by atoms with Crippen molar-refractivity contribution < 1.29 is 9.59 Å². The summed E-state index contributed by atoms with van der Waals surface area (Å²) in [6, 6.07) is 10.4. The van der Waals surface area contributed by atoms with Gasteiger partial charge < -0.3 is 15.5 Å². The molecule has 0 bridgehead atoms. The first kappa shape index (κ1) is 20.8. The van der Waals surface area contributed by atoms with Gasteiger partial charge >= 0.3 is 0 Å². The molecule has 0 aliphatic carbocycles. The number of carbonyl (C=O) groups is 2. The van der Waals surface area contributed by atoms with E-state index in [1.165, 1.54) is 18.4 Å². The number of piperidine rings is 1. The van der Waals surface area contributed by atoms with Crippen molar-refractivity contribution in [1.82, 2.24) is 20.4 Å². The second kappa shape index (κ2) is 10.6. The minimum atomic E-state index is -0.00543. The molecule has 28 heavy (non-hydrogen) atoms. The van der Waals surface area contributed by atoms with E-state index in [-0.39, 0.29) is 18.4 Å². The lowest BCUT2D eigenvalue weighted by molar-refractivity contribution is -0.134. The number of nitrogens with zero attached hydrogens (tertiary/aromatic N) is 2. The van der Waals surface area contributed by atoms with Crippen molar-refractivity contribution in [1.29, 1.82) is 0 Å². The van der Waals surface area contributed by atoms with Gasteiger partial charge in [-0.3, -0.25) is 14.5 Å². The minimum Gasteiger partial charge on any atom is -0.347 e. The lowest BCUT2D eigenvalue weighted by Gasteiger charge is -2.34. The van der Waals surface area contributed by atoms with Gasteiger partial charge in [0.05, 0.1) is 6.54 Å². The fraction of sp³-hybridized carbons (Fsp3) is 0.636. The maximum absolute atomic E-state index is 12.4. The molecular weight excluding hydrogens is 352 g/mol. The summed E-state index contributed by atoms with van der Waals surface area (Å²) in [4.78, 5) is 28.9. The normalized spacial score (nSPS) is 21.9. The highest BCUT2D eigenvalue weighted by atomic mass is 16.2. The van der Waals surface area contributed by atoms with Crippen molar-refractivity contribution in [2.24, 2.45) is 11.8 Å². The number of hydrogen-bond acceptors (Lipinski definition) is 4. The van der Waals surface area contributed by atoms with E-state index in [0.717, 1.165) is 45.8 Å². The lowest BCUT2D eigenvalue weighted by atomic mass is 9.85. The highest BCUT2D eigenvalue weighted by Gasteiger charge is 2.24. The maximum Gasteiger partial charge on any atom is 0.242 e. The Hall–Kier alpha value is -1.92. The van der Waals surface area contributed by atoms with Crippen LogP contribution in [-0.4, -0.2) is 67.4 Å². The Balaban J connectivity index is 1.33. The van der Waals surface area contributed by atoms with E-state index in [0.29, 0.717) is 18.3 Å². The van der Waals surface area contributed by atoms with Gasteiger partial charge in [0.15, 0.2) is 0 Å². The van der Waals surface area contributed by atoms with Gasteiger partial charge in [-0.1, -0.05) is 37.3 Å². The second-order valence-electron chi connectivity index (χ2n) is 8.21. The fourth-order valence-electron chi connectivity index (χ4n) is 4.18. The summed E-state index contributed by atoms with van der Waals surface area (Å²) in [5, 5.41) is 6.24. The molecular formula is C22H34N4O2. The molecule has 2 heterocycles. The van der Waals surface area contributed by atoms with Crippen molar-refractivity contribution in [3.63, 3.8) is 0 Å². The first-order chi connectivity index (χ1) is 13.6. The molecule has 0 aromatic heterocycles. The van der Waals surface area contributed by atoms with Gasteiger partial charge in [0.1, 0.15) is 0 Å². The number of piperazine rings is 1. The molecule has 0 saturated carbocycles. The Morgan fingerprint density at radius 1 is 1.18 bits per heavy atom. The number of amides is 2. The monoisotopic (exact) mass is 386 g/mol. The quantitative estimate of drug-likeness (QED) is 0.745. The Labute approximate surface area is 168 Å². The van der Waals surface area contributed by atoms with E-state index in [1.54, 1.807) is 0 Å². The Morgan fingerprint density at radius 3 is 2.61 bits per heavy atom. The van der Waals surface area contributed by atoms with E-state index in [1.807, 2.05) is 11.0 Å². The highest BCUT2D eigenvalue weighted by Crippen LogP contribution is 2.22. The van der Waals surface area contributed by atoms with Crippen molar-refractivity contribution in [3.05, 3.63) is 35.9 Å². The second-order valence-corrected chi connectivity index (χ2v) is 8.21. The number of nitrogens with one attached hydrogen (secondary N) is 2. The Bertz CT molecular complexity index is 623. The summed E-state index contributed by atoms with van der Waals surface area (Å²) in [7, 11) is 0. The van der Waals surface area contributed by atoms with Crippen LogP contribution in [0.25, 0.3) is 0 Å². The number of benzene rings is 1. The number of hydrogen-bond donors (Lipinski definition) is 2. The van der Waals surface area contributed by atoms with Gasteiger partial charge in [-0.2, -0.15) is 0 Å². The molecule has 0 spiro atoms.